The van der Waals surface area contributed by atoms with Crippen LogP contribution in [0.15, 0.2) is 53.1 Å². The molecule has 1 fully saturated rings. The summed E-state index contributed by atoms with van der Waals surface area (Å²) in [5.41, 5.74) is 2.58. The summed E-state index contributed by atoms with van der Waals surface area (Å²) in [5, 5.41) is 6.26. The van der Waals surface area contributed by atoms with Crippen molar-refractivity contribution >= 4 is 43.0 Å². The van der Waals surface area contributed by atoms with Crippen LogP contribution in [0.1, 0.15) is 49.8 Å². The van der Waals surface area contributed by atoms with Crippen molar-refractivity contribution in [1.82, 2.24) is 9.88 Å². The molecule has 4 rings (SSSR count). The molecule has 2 atom stereocenters. The average molecular weight is 562 g/mol. The van der Waals surface area contributed by atoms with E-state index < -0.39 is 33.0 Å². The summed E-state index contributed by atoms with van der Waals surface area (Å²) in [6.07, 6.45) is 1.52. The molecule has 1 aromatic heterocycles. The number of hydrogen-bond donors (Lipinski definition) is 0. The van der Waals surface area contributed by atoms with Gasteiger partial charge in [-0.1, -0.05) is 31.2 Å². The molecule has 1 amide bonds. The Morgan fingerprint density at radius 1 is 1.32 bits per heavy atom. The van der Waals surface area contributed by atoms with E-state index in [0.29, 0.717) is 4.47 Å². The Bertz CT molecular complexity index is 1420. The molecule has 0 saturated carbocycles. The Labute approximate surface area is 210 Å². The molecule has 1 saturated heterocycles. The first-order valence-electron chi connectivity index (χ1n) is 10.5. The van der Waals surface area contributed by atoms with E-state index in [4.69, 9.17) is 0 Å². The molecule has 1 aliphatic heterocycles. The maximum absolute atomic E-state index is 16.3. The van der Waals surface area contributed by atoms with Crippen LogP contribution in [0.25, 0.3) is 0 Å². The number of sulfone groups is 1. The molecule has 0 bridgehead atoms. The molecule has 3 aromatic rings. The van der Waals surface area contributed by atoms with E-state index in [9.17, 15) is 18.5 Å². The lowest BCUT2D eigenvalue weighted by atomic mass is 9.96. The molecular formula is C24H21BrFN3O3S2. The zero-order valence-corrected chi connectivity index (χ0v) is 21.7. The first kappa shape index (κ1) is 24.5. The van der Waals surface area contributed by atoms with Gasteiger partial charge in [0.1, 0.15) is 11.1 Å². The summed E-state index contributed by atoms with van der Waals surface area (Å²) in [6.45, 7) is 3.16. The topological polar surface area (TPSA) is 91.1 Å². The van der Waals surface area contributed by atoms with Gasteiger partial charge in [0.05, 0.1) is 17.9 Å². The highest BCUT2D eigenvalue weighted by Gasteiger charge is 2.53. The van der Waals surface area contributed by atoms with Gasteiger partial charge in [0.15, 0.2) is 9.84 Å². The molecule has 2 heterocycles. The zero-order chi connectivity index (χ0) is 24.7. The molecular weight excluding hydrogens is 541 g/mol. The Morgan fingerprint density at radius 3 is 2.76 bits per heavy atom. The van der Waals surface area contributed by atoms with Crippen LogP contribution in [0.4, 0.5) is 4.39 Å². The van der Waals surface area contributed by atoms with E-state index in [0.717, 1.165) is 27.3 Å². The number of benzene rings is 2. The highest BCUT2D eigenvalue weighted by molar-refractivity contribution is 9.10. The average Bonchev–Trinajstić information content (AvgIpc) is 3.32. The maximum atomic E-state index is 16.3. The van der Waals surface area contributed by atoms with Crippen LogP contribution in [0.5, 0.6) is 0 Å². The summed E-state index contributed by atoms with van der Waals surface area (Å²) in [5.74, 6) is -1.14. The largest absolute Gasteiger partial charge is 0.333 e. The number of carbonyl (C=O) groups is 1. The molecule has 176 valence electrons. The molecule has 0 unspecified atom stereocenters. The minimum atomic E-state index is -4.20. The van der Waals surface area contributed by atoms with Crippen LogP contribution in [0.3, 0.4) is 0 Å². The number of hydrogen-bond acceptors (Lipinski definition) is 6. The fourth-order valence-corrected chi connectivity index (χ4v) is 7.25. The number of halogens is 2. The molecule has 0 aliphatic carbocycles. The third-order valence-corrected chi connectivity index (χ3v) is 10.2. The summed E-state index contributed by atoms with van der Waals surface area (Å²) >= 11 is 4.26. The molecule has 0 radical (unpaired) electrons. The number of nitrogens with zero attached hydrogens (tertiary/aromatic N) is 3. The molecule has 34 heavy (non-hydrogen) atoms. The van der Waals surface area contributed by atoms with Gasteiger partial charge in [0.25, 0.3) is 10.9 Å². The van der Waals surface area contributed by atoms with Crippen molar-refractivity contribution in [3.63, 3.8) is 0 Å². The molecule has 6 nitrogen and oxygen atoms in total. The second-order valence-electron chi connectivity index (χ2n) is 8.23. The van der Waals surface area contributed by atoms with Crippen molar-refractivity contribution in [3.05, 3.63) is 85.3 Å². The summed E-state index contributed by atoms with van der Waals surface area (Å²) in [7, 11) is -4.20. The standard InChI is InChI=1S/C24H21BrFN3O3S2/c1-15-5-3-4-6-19(15)16(2)21-13-28-23(33-21)24(26)14-29(9-10-34(24,31)32)22(30)17-7-8-20(25)18(11-17)12-27/h3-8,11,13,16H,9-10,14H2,1-2H3/t16-,24+/m0/s1. The lowest BCUT2D eigenvalue weighted by Gasteiger charge is -2.35. The van der Waals surface area contributed by atoms with Crippen LogP contribution in [-0.4, -0.2) is 43.1 Å². The Balaban J connectivity index is 1.65. The van der Waals surface area contributed by atoms with Gasteiger partial charge >= 0.3 is 0 Å². The van der Waals surface area contributed by atoms with Gasteiger partial charge in [0.2, 0.25) is 0 Å². The van der Waals surface area contributed by atoms with Gasteiger partial charge in [-0.15, -0.1) is 11.3 Å². The van der Waals surface area contributed by atoms with Crippen molar-refractivity contribution in [2.75, 3.05) is 18.8 Å². The number of carbonyl (C=O) groups excluding carboxylic acids is 1. The molecule has 0 N–H and O–H groups in total. The number of aromatic nitrogens is 1. The third-order valence-electron chi connectivity index (χ3n) is 6.06. The maximum Gasteiger partial charge on any atom is 0.278 e. The monoisotopic (exact) mass is 561 g/mol. The van der Waals surface area contributed by atoms with Crippen LogP contribution < -0.4 is 0 Å². The third kappa shape index (κ3) is 4.28. The second-order valence-corrected chi connectivity index (χ2v) is 12.4. The predicted molar refractivity (Wildman–Crippen MR) is 132 cm³/mol. The number of rotatable bonds is 4. The predicted octanol–water partition coefficient (Wildman–Crippen LogP) is 4.93. The minimum absolute atomic E-state index is 0.0905. The Morgan fingerprint density at radius 2 is 2.06 bits per heavy atom. The molecule has 2 aromatic carbocycles. The fraction of sp³-hybridized carbons (Fsp3) is 0.292. The van der Waals surface area contributed by atoms with Crippen LogP contribution in [0, 0.1) is 18.3 Å². The highest BCUT2D eigenvalue weighted by Crippen LogP contribution is 2.41. The molecule has 0 spiro atoms. The van der Waals surface area contributed by atoms with Crippen molar-refractivity contribution in [2.45, 2.75) is 24.8 Å². The number of aryl methyl sites for hydroxylation is 1. The summed E-state index contributed by atoms with van der Waals surface area (Å²) in [4.78, 5) is 19.2. The van der Waals surface area contributed by atoms with Crippen LogP contribution in [-0.2, 0) is 14.8 Å². The number of thiazole rings is 1. The van der Waals surface area contributed by atoms with Crippen molar-refractivity contribution < 1.29 is 17.6 Å². The second kappa shape index (κ2) is 9.21. The lowest BCUT2D eigenvalue weighted by molar-refractivity contribution is 0.0666. The zero-order valence-electron chi connectivity index (χ0n) is 18.5. The number of alkyl halides is 1. The van der Waals surface area contributed by atoms with E-state index in [2.05, 4.69) is 20.9 Å². The van der Waals surface area contributed by atoms with Gasteiger partial charge < -0.3 is 4.90 Å². The highest BCUT2D eigenvalue weighted by atomic mass is 79.9. The quantitative estimate of drug-likeness (QED) is 0.450. The molecule has 10 heteroatoms. The van der Waals surface area contributed by atoms with Gasteiger partial charge in [0, 0.05) is 33.6 Å². The summed E-state index contributed by atoms with van der Waals surface area (Å²) < 4.78 is 42.5. The van der Waals surface area contributed by atoms with Crippen molar-refractivity contribution in [2.24, 2.45) is 0 Å². The van der Waals surface area contributed by atoms with E-state index in [1.54, 1.807) is 6.07 Å². The van der Waals surface area contributed by atoms with Gasteiger partial charge in [-0.05, 0) is 52.2 Å². The Hall–Kier alpha value is -2.61. The van der Waals surface area contributed by atoms with E-state index in [1.165, 1.54) is 23.2 Å². The smallest absolute Gasteiger partial charge is 0.278 e. The minimum Gasteiger partial charge on any atom is -0.333 e. The summed E-state index contributed by atoms with van der Waals surface area (Å²) in [6, 6.07) is 14.3. The van der Waals surface area contributed by atoms with Crippen molar-refractivity contribution in [1.29, 1.82) is 5.26 Å². The first-order valence-corrected chi connectivity index (χ1v) is 13.8. The normalized spacial score (nSPS) is 20.5. The van der Waals surface area contributed by atoms with Crippen LogP contribution in [0.2, 0.25) is 0 Å². The molecule has 1 aliphatic rings. The Kier molecular flexibility index (Phi) is 6.64. The van der Waals surface area contributed by atoms with E-state index >= 15 is 4.39 Å². The number of amides is 1. The van der Waals surface area contributed by atoms with Gasteiger partial charge in [-0.2, -0.15) is 5.26 Å². The van der Waals surface area contributed by atoms with Crippen molar-refractivity contribution in [3.8, 4) is 6.07 Å². The van der Waals surface area contributed by atoms with Gasteiger partial charge in [-0.25, -0.2) is 17.8 Å². The van der Waals surface area contributed by atoms with E-state index in [-0.39, 0.29) is 28.6 Å². The SMILES string of the molecule is Cc1ccccc1[C@H](C)c1cnc([C@@]2(F)CN(C(=O)c3ccc(Br)c(C#N)c3)CCS2(=O)=O)s1. The number of nitriles is 1. The fourth-order valence-electron chi connectivity index (χ4n) is 4.00. The lowest BCUT2D eigenvalue weighted by Crippen LogP contribution is -2.53. The van der Waals surface area contributed by atoms with E-state index in [1.807, 2.05) is 44.2 Å². The van der Waals surface area contributed by atoms with Crippen LogP contribution >= 0.6 is 27.3 Å². The first-order chi connectivity index (χ1) is 16.1. The van der Waals surface area contributed by atoms with Gasteiger partial charge in [-0.3, -0.25) is 4.79 Å².